The van der Waals surface area contributed by atoms with Gasteiger partial charge in [0.15, 0.2) is 0 Å². The molecular weight excluding hydrogens is 430 g/mol. The summed E-state index contributed by atoms with van der Waals surface area (Å²) in [6, 6.07) is 21.7. The molecule has 3 aromatic rings. The molecule has 0 bridgehead atoms. The predicted molar refractivity (Wildman–Crippen MR) is 127 cm³/mol. The normalized spacial score (nSPS) is 19.0. The second kappa shape index (κ2) is 9.69. The van der Waals surface area contributed by atoms with Crippen molar-refractivity contribution in [1.82, 2.24) is 4.90 Å². The van der Waals surface area contributed by atoms with Crippen molar-refractivity contribution in [3.8, 4) is 11.5 Å². The Morgan fingerprint density at radius 2 is 1.71 bits per heavy atom. The van der Waals surface area contributed by atoms with Crippen molar-refractivity contribution in [2.24, 2.45) is 0 Å². The summed E-state index contributed by atoms with van der Waals surface area (Å²) in [7, 11) is 0. The maximum atomic E-state index is 13.2. The monoisotopic (exact) mass is 457 g/mol. The zero-order valence-corrected chi connectivity index (χ0v) is 18.9. The van der Waals surface area contributed by atoms with Crippen LogP contribution >= 0.6 is 0 Å². The highest BCUT2D eigenvalue weighted by Gasteiger charge is 2.40. The van der Waals surface area contributed by atoms with E-state index in [0.29, 0.717) is 17.1 Å². The molecule has 2 atom stereocenters. The summed E-state index contributed by atoms with van der Waals surface area (Å²) in [6.45, 7) is 0.124. The molecule has 1 amide bonds. The predicted octanol–water partition coefficient (Wildman–Crippen LogP) is 4.29. The van der Waals surface area contributed by atoms with Gasteiger partial charge in [-0.25, -0.2) is 4.79 Å². The van der Waals surface area contributed by atoms with Gasteiger partial charge in [-0.1, -0.05) is 42.5 Å². The summed E-state index contributed by atoms with van der Waals surface area (Å²) in [6.07, 6.45) is 2.51. The van der Waals surface area contributed by atoms with E-state index in [9.17, 15) is 14.7 Å². The molecule has 1 heterocycles. The Morgan fingerprint density at radius 1 is 0.941 bits per heavy atom. The van der Waals surface area contributed by atoms with Crippen LogP contribution in [0.1, 0.15) is 39.9 Å². The first kappa shape index (κ1) is 22.2. The number of para-hydroxylation sites is 2. The van der Waals surface area contributed by atoms with E-state index in [1.54, 1.807) is 0 Å². The number of ether oxygens (including phenoxy) is 2. The van der Waals surface area contributed by atoms with E-state index in [1.807, 2.05) is 72.8 Å². The standard InChI is InChI=1S/C28H27NO5/c30-23-16-25(29(17-23)27(31)21-14-13-19-8-6-9-20(19)15-21)28(32)33-18-22-7-4-5-12-26(22)34-24-10-2-1-3-11-24/h1-5,7,10-15,23,25,30H,6,8-9,16-18H2. The number of nitrogens with zero attached hydrogens (tertiary/aromatic N) is 1. The van der Waals surface area contributed by atoms with Crippen LogP contribution in [0.15, 0.2) is 72.8 Å². The molecular formula is C28H27NO5. The molecule has 0 aromatic heterocycles. The molecule has 1 fully saturated rings. The van der Waals surface area contributed by atoms with Crippen LogP contribution in [-0.2, 0) is 29.0 Å². The van der Waals surface area contributed by atoms with Gasteiger partial charge in [0.2, 0.25) is 0 Å². The van der Waals surface area contributed by atoms with Crippen molar-refractivity contribution < 1.29 is 24.2 Å². The Kier molecular flexibility index (Phi) is 6.32. The third kappa shape index (κ3) is 4.68. The van der Waals surface area contributed by atoms with Gasteiger partial charge in [0.05, 0.1) is 6.10 Å². The van der Waals surface area contributed by atoms with Gasteiger partial charge < -0.3 is 19.5 Å². The molecule has 6 heteroatoms. The maximum Gasteiger partial charge on any atom is 0.329 e. The van der Waals surface area contributed by atoms with Gasteiger partial charge in [-0.2, -0.15) is 0 Å². The Labute approximate surface area is 198 Å². The van der Waals surface area contributed by atoms with E-state index in [1.165, 1.54) is 16.0 Å². The Balaban J connectivity index is 1.27. The number of carbonyl (C=O) groups is 2. The molecule has 2 aliphatic rings. The molecule has 0 radical (unpaired) electrons. The smallest absolute Gasteiger partial charge is 0.329 e. The number of rotatable bonds is 6. The van der Waals surface area contributed by atoms with Crippen LogP contribution in [0.5, 0.6) is 11.5 Å². The lowest BCUT2D eigenvalue weighted by atomic mass is 10.1. The summed E-state index contributed by atoms with van der Waals surface area (Å²) < 4.78 is 11.5. The fourth-order valence-corrected chi connectivity index (χ4v) is 4.72. The number of aliphatic hydroxyl groups is 1. The van der Waals surface area contributed by atoms with Crippen molar-refractivity contribution in [3.63, 3.8) is 0 Å². The molecule has 3 aromatic carbocycles. The van der Waals surface area contributed by atoms with Crippen LogP contribution in [0.3, 0.4) is 0 Å². The van der Waals surface area contributed by atoms with Crippen LogP contribution in [0.2, 0.25) is 0 Å². The lowest BCUT2D eigenvalue weighted by Gasteiger charge is -2.23. The number of hydrogen-bond acceptors (Lipinski definition) is 5. The number of β-amino-alcohol motifs (C(OH)–C–C–N with tert-alkyl or cyclic N) is 1. The van der Waals surface area contributed by atoms with E-state index in [0.717, 1.165) is 24.8 Å². The van der Waals surface area contributed by atoms with Gasteiger partial charge in [0.25, 0.3) is 5.91 Å². The first-order chi connectivity index (χ1) is 16.6. The maximum absolute atomic E-state index is 13.2. The first-order valence-corrected chi connectivity index (χ1v) is 11.7. The minimum absolute atomic E-state index is 0.00924. The average molecular weight is 458 g/mol. The number of aryl methyl sites for hydroxylation is 2. The van der Waals surface area contributed by atoms with Crippen molar-refractivity contribution in [2.45, 2.75) is 44.4 Å². The molecule has 6 nitrogen and oxygen atoms in total. The second-order valence-corrected chi connectivity index (χ2v) is 8.83. The number of likely N-dealkylation sites (tertiary alicyclic amines) is 1. The number of fused-ring (bicyclic) bond motifs is 1. The Bertz CT molecular complexity index is 1190. The largest absolute Gasteiger partial charge is 0.459 e. The van der Waals surface area contributed by atoms with Gasteiger partial charge in [-0.05, 0) is 60.7 Å². The van der Waals surface area contributed by atoms with Crippen molar-refractivity contribution in [1.29, 1.82) is 0 Å². The Hall–Kier alpha value is -3.64. The van der Waals surface area contributed by atoms with Gasteiger partial charge in [-0.15, -0.1) is 0 Å². The first-order valence-electron chi connectivity index (χ1n) is 11.7. The summed E-state index contributed by atoms with van der Waals surface area (Å²) in [5.41, 5.74) is 3.74. The van der Waals surface area contributed by atoms with Crippen LogP contribution in [0.4, 0.5) is 0 Å². The molecule has 1 aliphatic heterocycles. The highest BCUT2D eigenvalue weighted by molar-refractivity contribution is 5.97. The fourth-order valence-electron chi connectivity index (χ4n) is 4.72. The van der Waals surface area contributed by atoms with Crippen molar-refractivity contribution >= 4 is 11.9 Å². The van der Waals surface area contributed by atoms with Crippen LogP contribution in [0, 0.1) is 0 Å². The zero-order chi connectivity index (χ0) is 23.5. The van der Waals surface area contributed by atoms with Crippen LogP contribution < -0.4 is 4.74 Å². The van der Waals surface area contributed by atoms with E-state index in [-0.39, 0.29) is 25.5 Å². The zero-order valence-electron chi connectivity index (χ0n) is 18.9. The number of esters is 1. The third-order valence-corrected chi connectivity index (χ3v) is 6.47. The number of aliphatic hydroxyl groups excluding tert-OH is 1. The van der Waals surface area contributed by atoms with Crippen molar-refractivity contribution in [3.05, 3.63) is 95.1 Å². The summed E-state index contributed by atoms with van der Waals surface area (Å²) >= 11 is 0. The van der Waals surface area contributed by atoms with Gasteiger partial charge >= 0.3 is 5.97 Å². The summed E-state index contributed by atoms with van der Waals surface area (Å²) in [5.74, 6) is 0.506. The molecule has 1 aliphatic carbocycles. The molecule has 1 saturated heterocycles. The number of hydrogen-bond donors (Lipinski definition) is 1. The third-order valence-electron chi connectivity index (χ3n) is 6.47. The molecule has 1 N–H and O–H groups in total. The molecule has 34 heavy (non-hydrogen) atoms. The highest BCUT2D eigenvalue weighted by Crippen LogP contribution is 2.28. The van der Waals surface area contributed by atoms with E-state index >= 15 is 0 Å². The molecule has 174 valence electrons. The van der Waals surface area contributed by atoms with E-state index in [4.69, 9.17) is 9.47 Å². The van der Waals surface area contributed by atoms with Gasteiger partial charge in [0, 0.05) is 24.1 Å². The van der Waals surface area contributed by atoms with Crippen LogP contribution in [-0.4, -0.2) is 40.6 Å². The van der Waals surface area contributed by atoms with Crippen molar-refractivity contribution in [2.75, 3.05) is 6.54 Å². The fraction of sp³-hybridized carbons (Fsp3) is 0.286. The van der Waals surface area contributed by atoms with Gasteiger partial charge in [-0.3, -0.25) is 4.79 Å². The SMILES string of the molecule is O=C(OCc1ccccc1Oc1ccccc1)C1CC(O)CN1C(=O)c1ccc2c(c1)CCC2. The average Bonchev–Trinajstić information content (AvgIpc) is 3.49. The number of benzene rings is 3. The lowest BCUT2D eigenvalue weighted by molar-refractivity contribution is -0.149. The highest BCUT2D eigenvalue weighted by atomic mass is 16.5. The molecule has 5 rings (SSSR count). The molecule has 2 unspecified atom stereocenters. The Morgan fingerprint density at radius 3 is 2.56 bits per heavy atom. The minimum atomic E-state index is -0.821. The summed E-state index contributed by atoms with van der Waals surface area (Å²) in [5, 5.41) is 10.2. The van der Waals surface area contributed by atoms with Gasteiger partial charge in [0.1, 0.15) is 24.1 Å². The number of amides is 1. The molecule has 0 spiro atoms. The summed E-state index contributed by atoms with van der Waals surface area (Å²) in [4.78, 5) is 27.7. The lowest BCUT2D eigenvalue weighted by Crippen LogP contribution is -2.41. The molecule has 0 saturated carbocycles. The van der Waals surface area contributed by atoms with E-state index < -0.39 is 18.1 Å². The van der Waals surface area contributed by atoms with Crippen LogP contribution in [0.25, 0.3) is 0 Å². The minimum Gasteiger partial charge on any atom is -0.459 e. The topological polar surface area (TPSA) is 76.1 Å². The van der Waals surface area contributed by atoms with E-state index in [2.05, 4.69) is 0 Å². The second-order valence-electron chi connectivity index (χ2n) is 8.83. The number of carbonyl (C=O) groups excluding carboxylic acids is 2. The quantitative estimate of drug-likeness (QED) is 0.559.